The van der Waals surface area contributed by atoms with Crippen molar-refractivity contribution >= 4 is 17.1 Å². The van der Waals surface area contributed by atoms with Crippen LogP contribution in [0.5, 0.6) is 0 Å². The Kier molecular flexibility index (Phi) is 4.74. The Morgan fingerprint density at radius 1 is 1.32 bits per heavy atom. The summed E-state index contributed by atoms with van der Waals surface area (Å²) in [6, 6.07) is 0. The van der Waals surface area contributed by atoms with Gasteiger partial charge in [-0.15, -0.1) is 11.3 Å². The molecule has 1 fully saturated rings. The van der Waals surface area contributed by atoms with Crippen LogP contribution in [0.2, 0.25) is 0 Å². The first-order valence-corrected chi connectivity index (χ1v) is 8.00. The summed E-state index contributed by atoms with van der Waals surface area (Å²) in [5, 5.41) is 4.39. The van der Waals surface area contributed by atoms with Gasteiger partial charge in [0.15, 0.2) is 0 Å². The molecule has 4 heteroatoms. The van der Waals surface area contributed by atoms with Crippen LogP contribution in [0.1, 0.15) is 54.1 Å². The van der Waals surface area contributed by atoms with E-state index in [1.807, 2.05) is 14.0 Å². The van der Waals surface area contributed by atoms with Crippen LogP contribution in [0.25, 0.3) is 0 Å². The summed E-state index contributed by atoms with van der Waals surface area (Å²) < 4.78 is 0. The summed E-state index contributed by atoms with van der Waals surface area (Å²) in [7, 11) is 2.00. The molecule has 0 radical (unpaired) electrons. The highest BCUT2D eigenvalue weighted by atomic mass is 32.1. The third-order valence-electron chi connectivity index (χ3n) is 4.30. The molecule has 106 valence electrons. The minimum absolute atomic E-state index is 0.0523. The monoisotopic (exact) mass is 280 g/mol. The molecule has 1 aromatic rings. The number of thiazole rings is 1. The van der Waals surface area contributed by atoms with E-state index >= 15 is 0 Å². The first-order chi connectivity index (χ1) is 9.04. The highest BCUT2D eigenvalue weighted by Crippen LogP contribution is 2.31. The van der Waals surface area contributed by atoms with E-state index in [-0.39, 0.29) is 5.54 Å². The molecule has 0 aliphatic heterocycles. The Morgan fingerprint density at radius 3 is 2.53 bits per heavy atom. The van der Waals surface area contributed by atoms with Gasteiger partial charge in [0.2, 0.25) is 0 Å². The molecule has 0 amide bonds. The molecular formula is C15H24N2OS. The van der Waals surface area contributed by atoms with Crippen LogP contribution in [-0.2, 0) is 11.2 Å². The van der Waals surface area contributed by atoms with Crippen molar-refractivity contribution in [2.45, 2.75) is 64.3 Å². The number of aryl methyl sites for hydroxylation is 2. The van der Waals surface area contributed by atoms with Gasteiger partial charge in [-0.1, -0.05) is 19.3 Å². The highest BCUT2D eigenvalue weighted by Gasteiger charge is 2.32. The summed E-state index contributed by atoms with van der Waals surface area (Å²) in [5.74, 6) is 0.324. The molecule has 1 aromatic heterocycles. The molecule has 0 atom stereocenters. The second kappa shape index (κ2) is 6.14. The van der Waals surface area contributed by atoms with Crippen molar-refractivity contribution in [1.29, 1.82) is 0 Å². The number of nitrogens with one attached hydrogen (secondary N) is 1. The Balaban J connectivity index is 1.96. The quantitative estimate of drug-likeness (QED) is 0.900. The molecular weight excluding hydrogens is 256 g/mol. The maximum absolute atomic E-state index is 12.3. The van der Waals surface area contributed by atoms with Gasteiger partial charge >= 0.3 is 0 Å². The number of carbonyl (C=O) groups is 1. The molecule has 1 saturated carbocycles. The summed E-state index contributed by atoms with van der Waals surface area (Å²) in [5.41, 5.74) is 1.12. The Morgan fingerprint density at radius 2 is 2.00 bits per heavy atom. The van der Waals surface area contributed by atoms with Crippen LogP contribution >= 0.6 is 11.3 Å². The summed E-state index contributed by atoms with van der Waals surface area (Å²) >= 11 is 1.66. The van der Waals surface area contributed by atoms with Gasteiger partial charge in [-0.3, -0.25) is 4.79 Å². The Bertz CT molecular complexity index is 427. The number of hydrogen-bond acceptors (Lipinski definition) is 4. The molecule has 0 unspecified atom stereocenters. The Labute approximate surface area is 119 Å². The number of rotatable bonds is 5. The SMILES string of the molecule is CNC1(CC(=O)Cc2nc(C)c(C)s2)CCCCC1. The third kappa shape index (κ3) is 3.63. The maximum atomic E-state index is 12.3. The van der Waals surface area contributed by atoms with Crippen molar-refractivity contribution in [1.82, 2.24) is 10.3 Å². The number of carbonyl (C=O) groups excluding carboxylic acids is 1. The van der Waals surface area contributed by atoms with Crippen LogP contribution in [0, 0.1) is 13.8 Å². The predicted octanol–water partition coefficient (Wildman–Crippen LogP) is 3.18. The van der Waals surface area contributed by atoms with Gasteiger partial charge in [0.1, 0.15) is 10.8 Å². The molecule has 19 heavy (non-hydrogen) atoms. The Hall–Kier alpha value is -0.740. The molecule has 0 aromatic carbocycles. The van der Waals surface area contributed by atoms with E-state index < -0.39 is 0 Å². The number of nitrogens with zero attached hydrogens (tertiary/aromatic N) is 1. The van der Waals surface area contributed by atoms with Crippen molar-refractivity contribution in [3.8, 4) is 0 Å². The van der Waals surface area contributed by atoms with E-state index in [9.17, 15) is 4.79 Å². The van der Waals surface area contributed by atoms with Crippen LogP contribution in [0.3, 0.4) is 0 Å². The molecule has 0 saturated heterocycles. The zero-order chi connectivity index (χ0) is 13.9. The predicted molar refractivity (Wildman–Crippen MR) is 79.8 cm³/mol. The van der Waals surface area contributed by atoms with Crippen LogP contribution in [0.15, 0.2) is 0 Å². The van der Waals surface area contributed by atoms with Gasteiger partial charge in [0.25, 0.3) is 0 Å². The fourth-order valence-electron chi connectivity index (χ4n) is 2.97. The number of aromatic nitrogens is 1. The number of hydrogen-bond donors (Lipinski definition) is 1. The zero-order valence-corrected chi connectivity index (χ0v) is 13.0. The van der Waals surface area contributed by atoms with E-state index in [1.165, 1.54) is 24.1 Å². The minimum Gasteiger partial charge on any atom is -0.314 e. The molecule has 2 rings (SSSR count). The first-order valence-electron chi connectivity index (χ1n) is 7.18. The van der Waals surface area contributed by atoms with Gasteiger partial charge < -0.3 is 5.32 Å². The van der Waals surface area contributed by atoms with Crippen molar-refractivity contribution in [3.63, 3.8) is 0 Å². The van der Waals surface area contributed by atoms with Gasteiger partial charge in [0, 0.05) is 16.8 Å². The zero-order valence-electron chi connectivity index (χ0n) is 12.2. The summed E-state index contributed by atoms with van der Waals surface area (Å²) in [6.45, 7) is 4.08. The van der Waals surface area contributed by atoms with Gasteiger partial charge in [-0.25, -0.2) is 4.98 Å². The lowest BCUT2D eigenvalue weighted by atomic mass is 9.78. The van der Waals surface area contributed by atoms with E-state index in [0.29, 0.717) is 18.6 Å². The lowest BCUT2D eigenvalue weighted by Gasteiger charge is -2.36. The van der Waals surface area contributed by atoms with Gasteiger partial charge in [0.05, 0.1) is 12.1 Å². The van der Waals surface area contributed by atoms with E-state index in [4.69, 9.17) is 0 Å². The van der Waals surface area contributed by atoms with E-state index in [1.54, 1.807) is 11.3 Å². The average Bonchev–Trinajstić information content (AvgIpc) is 2.69. The van der Waals surface area contributed by atoms with Crippen molar-refractivity contribution in [2.75, 3.05) is 7.05 Å². The normalized spacial score (nSPS) is 18.5. The summed E-state index contributed by atoms with van der Waals surface area (Å²) in [4.78, 5) is 18.0. The fourth-order valence-corrected chi connectivity index (χ4v) is 3.93. The second-order valence-corrected chi connectivity index (χ2v) is 7.02. The lowest BCUT2D eigenvalue weighted by Crippen LogP contribution is -2.46. The first kappa shape index (κ1) is 14.7. The maximum Gasteiger partial charge on any atom is 0.141 e. The van der Waals surface area contributed by atoms with Crippen molar-refractivity contribution in [2.24, 2.45) is 0 Å². The van der Waals surface area contributed by atoms with E-state index in [0.717, 1.165) is 23.5 Å². The average molecular weight is 280 g/mol. The molecule has 0 spiro atoms. The van der Waals surface area contributed by atoms with Gasteiger partial charge in [-0.05, 0) is 33.7 Å². The van der Waals surface area contributed by atoms with E-state index in [2.05, 4.69) is 17.2 Å². The largest absolute Gasteiger partial charge is 0.314 e. The van der Waals surface area contributed by atoms with Crippen molar-refractivity contribution < 1.29 is 4.79 Å². The number of Topliss-reactive ketones (excluding diaryl/α,β-unsaturated/α-hetero) is 1. The van der Waals surface area contributed by atoms with Crippen LogP contribution in [0.4, 0.5) is 0 Å². The molecule has 1 N–H and O–H groups in total. The standard InChI is InChI=1S/C15H24N2OS/c1-11-12(2)19-14(17-11)9-13(18)10-15(16-3)7-5-4-6-8-15/h16H,4-10H2,1-3H3. The molecule has 1 heterocycles. The van der Waals surface area contributed by atoms with Crippen LogP contribution in [-0.4, -0.2) is 23.4 Å². The minimum atomic E-state index is 0.0523. The molecule has 0 bridgehead atoms. The lowest BCUT2D eigenvalue weighted by molar-refractivity contribution is -0.120. The fraction of sp³-hybridized carbons (Fsp3) is 0.733. The van der Waals surface area contributed by atoms with Crippen LogP contribution < -0.4 is 5.32 Å². The smallest absolute Gasteiger partial charge is 0.141 e. The number of ketones is 1. The second-order valence-electron chi connectivity index (χ2n) is 5.73. The molecule has 1 aliphatic rings. The topological polar surface area (TPSA) is 42.0 Å². The van der Waals surface area contributed by atoms with Gasteiger partial charge in [-0.2, -0.15) is 0 Å². The highest BCUT2D eigenvalue weighted by molar-refractivity contribution is 7.11. The molecule has 3 nitrogen and oxygen atoms in total. The third-order valence-corrected chi connectivity index (χ3v) is 5.37. The summed E-state index contributed by atoms with van der Waals surface area (Å²) in [6.07, 6.45) is 7.20. The molecule has 1 aliphatic carbocycles. The van der Waals surface area contributed by atoms with Crippen molar-refractivity contribution in [3.05, 3.63) is 15.6 Å².